The van der Waals surface area contributed by atoms with Gasteiger partial charge in [-0.25, -0.2) is 0 Å². The van der Waals surface area contributed by atoms with Crippen LogP contribution in [0.15, 0.2) is 5.16 Å². The Balaban J connectivity index is 3.61. The van der Waals surface area contributed by atoms with Crippen molar-refractivity contribution in [2.45, 2.75) is 18.7 Å². The molecule has 0 aromatic rings. The fraction of sp³-hybridized carbons (Fsp3) is 0.800. The standard InChI is InChI=1S/C5H10BrNO/c1-4(6)5(2)7-8-3/h4H,1-3H3. The minimum Gasteiger partial charge on any atom is -0.399 e. The second-order valence-electron chi connectivity index (χ2n) is 1.53. The van der Waals surface area contributed by atoms with E-state index in [9.17, 15) is 0 Å². The van der Waals surface area contributed by atoms with Gasteiger partial charge >= 0.3 is 0 Å². The van der Waals surface area contributed by atoms with Gasteiger partial charge in [0.15, 0.2) is 0 Å². The average Bonchev–Trinajstić information content (AvgIpc) is 1.67. The van der Waals surface area contributed by atoms with E-state index >= 15 is 0 Å². The number of nitrogens with zero attached hydrogens (tertiary/aromatic N) is 1. The van der Waals surface area contributed by atoms with Crippen LogP contribution in [-0.4, -0.2) is 17.6 Å². The maximum Gasteiger partial charge on any atom is 0.106 e. The average molecular weight is 180 g/mol. The summed E-state index contributed by atoms with van der Waals surface area (Å²) in [6, 6.07) is 0. The van der Waals surface area contributed by atoms with E-state index in [2.05, 4.69) is 25.9 Å². The molecule has 0 bridgehead atoms. The SMILES string of the molecule is CON=C(C)C(C)Br. The first kappa shape index (κ1) is 7.95. The van der Waals surface area contributed by atoms with E-state index in [1.54, 1.807) is 7.11 Å². The van der Waals surface area contributed by atoms with Crippen LogP contribution in [0.4, 0.5) is 0 Å². The topological polar surface area (TPSA) is 21.6 Å². The Bertz CT molecular complexity index is 90.4. The predicted octanol–water partition coefficient (Wildman–Crippen LogP) is 1.79. The molecule has 0 aromatic heterocycles. The maximum atomic E-state index is 4.52. The highest BCUT2D eigenvalue weighted by Gasteiger charge is 1.97. The van der Waals surface area contributed by atoms with E-state index < -0.39 is 0 Å². The summed E-state index contributed by atoms with van der Waals surface area (Å²) in [5, 5.41) is 3.69. The van der Waals surface area contributed by atoms with E-state index in [-0.39, 0.29) is 0 Å². The van der Waals surface area contributed by atoms with Gasteiger partial charge in [-0.1, -0.05) is 21.1 Å². The van der Waals surface area contributed by atoms with E-state index in [4.69, 9.17) is 0 Å². The van der Waals surface area contributed by atoms with E-state index in [0.29, 0.717) is 4.83 Å². The highest BCUT2D eigenvalue weighted by atomic mass is 79.9. The predicted molar refractivity (Wildman–Crippen MR) is 38.5 cm³/mol. The molecule has 0 fully saturated rings. The number of hydrogen-bond acceptors (Lipinski definition) is 2. The Morgan fingerprint density at radius 1 is 1.75 bits per heavy atom. The van der Waals surface area contributed by atoms with Crippen LogP contribution in [0.5, 0.6) is 0 Å². The molecule has 8 heavy (non-hydrogen) atoms. The molecule has 0 aliphatic rings. The largest absolute Gasteiger partial charge is 0.399 e. The van der Waals surface area contributed by atoms with Gasteiger partial charge in [-0.2, -0.15) is 0 Å². The summed E-state index contributed by atoms with van der Waals surface area (Å²) in [5.74, 6) is 0. The first-order valence-corrected chi connectivity index (χ1v) is 3.31. The monoisotopic (exact) mass is 179 g/mol. The summed E-state index contributed by atoms with van der Waals surface area (Å²) >= 11 is 3.33. The van der Waals surface area contributed by atoms with Gasteiger partial charge in [-0.15, -0.1) is 0 Å². The van der Waals surface area contributed by atoms with E-state index in [0.717, 1.165) is 5.71 Å². The molecule has 2 nitrogen and oxygen atoms in total. The van der Waals surface area contributed by atoms with Gasteiger partial charge in [0.1, 0.15) is 7.11 Å². The van der Waals surface area contributed by atoms with Crippen molar-refractivity contribution in [3.63, 3.8) is 0 Å². The van der Waals surface area contributed by atoms with Gasteiger partial charge < -0.3 is 4.84 Å². The summed E-state index contributed by atoms with van der Waals surface area (Å²) in [5.41, 5.74) is 0.951. The van der Waals surface area contributed by atoms with Crippen molar-refractivity contribution in [3.05, 3.63) is 0 Å². The first-order chi connectivity index (χ1) is 3.68. The highest BCUT2D eigenvalue weighted by molar-refractivity contribution is 9.10. The number of hydrogen-bond donors (Lipinski definition) is 0. The Kier molecular flexibility index (Phi) is 3.87. The van der Waals surface area contributed by atoms with Gasteiger partial charge in [-0.05, 0) is 13.8 Å². The molecule has 0 heterocycles. The third-order valence-corrected chi connectivity index (χ3v) is 1.47. The minimum atomic E-state index is 0.308. The van der Waals surface area contributed by atoms with Crippen LogP contribution in [0.3, 0.4) is 0 Å². The first-order valence-electron chi connectivity index (χ1n) is 2.40. The zero-order valence-corrected chi connectivity index (χ0v) is 6.90. The van der Waals surface area contributed by atoms with E-state index in [1.165, 1.54) is 0 Å². The van der Waals surface area contributed by atoms with Gasteiger partial charge in [0.25, 0.3) is 0 Å². The van der Waals surface area contributed by atoms with Gasteiger partial charge in [-0.3, -0.25) is 0 Å². The lowest BCUT2D eigenvalue weighted by atomic mass is 10.3. The quantitative estimate of drug-likeness (QED) is 0.360. The fourth-order valence-corrected chi connectivity index (χ4v) is 0.300. The second kappa shape index (κ2) is 3.89. The lowest BCUT2D eigenvalue weighted by Crippen LogP contribution is -2.04. The molecular formula is C5H10BrNO. The Labute approximate surface area is 58.0 Å². The normalized spacial score (nSPS) is 15.8. The molecule has 0 saturated heterocycles. The van der Waals surface area contributed by atoms with E-state index in [1.807, 2.05) is 13.8 Å². The van der Waals surface area contributed by atoms with Gasteiger partial charge in [0.2, 0.25) is 0 Å². The van der Waals surface area contributed by atoms with Crippen LogP contribution in [0.1, 0.15) is 13.8 Å². The van der Waals surface area contributed by atoms with Crippen LogP contribution in [0.25, 0.3) is 0 Å². The summed E-state index contributed by atoms with van der Waals surface area (Å²) in [6.45, 7) is 3.90. The molecule has 0 amide bonds. The molecule has 0 saturated carbocycles. The fourth-order valence-electron chi connectivity index (χ4n) is 0.217. The Morgan fingerprint density at radius 3 is 2.38 bits per heavy atom. The highest BCUT2D eigenvalue weighted by Crippen LogP contribution is 1.99. The van der Waals surface area contributed by atoms with Crippen molar-refractivity contribution in [3.8, 4) is 0 Å². The van der Waals surface area contributed by atoms with Crippen LogP contribution in [-0.2, 0) is 4.84 Å². The smallest absolute Gasteiger partial charge is 0.106 e. The summed E-state index contributed by atoms with van der Waals surface area (Å²) in [6.07, 6.45) is 0. The van der Waals surface area contributed by atoms with Crippen LogP contribution in [0.2, 0.25) is 0 Å². The lowest BCUT2D eigenvalue weighted by Gasteiger charge is -1.98. The van der Waals surface area contributed by atoms with Gasteiger partial charge in [0, 0.05) is 0 Å². The summed E-state index contributed by atoms with van der Waals surface area (Å²) in [7, 11) is 1.54. The summed E-state index contributed by atoms with van der Waals surface area (Å²) < 4.78 is 0. The van der Waals surface area contributed by atoms with Crippen molar-refractivity contribution in [1.82, 2.24) is 0 Å². The number of halogens is 1. The lowest BCUT2D eigenvalue weighted by molar-refractivity contribution is 0.212. The third kappa shape index (κ3) is 3.02. The molecule has 3 heteroatoms. The third-order valence-electron chi connectivity index (χ3n) is 0.811. The molecule has 1 unspecified atom stereocenters. The molecule has 0 aliphatic carbocycles. The summed E-state index contributed by atoms with van der Waals surface area (Å²) in [4.78, 5) is 4.83. The zero-order chi connectivity index (χ0) is 6.57. The maximum absolute atomic E-state index is 4.52. The molecule has 0 aromatic carbocycles. The molecule has 0 aliphatic heterocycles. The van der Waals surface area contributed by atoms with Crippen LogP contribution in [0, 0.1) is 0 Å². The number of oxime groups is 1. The molecular weight excluding hydrogens is 170 g/mol. The molecule has 1 atom stereocenters. The molecule has 48 valence electrons. The number of alkyl halides is 1. The number of rotatable bonds is 2. The molecule has 0 radical (unpaired) electrons. The molecule has 0 spiro atoms. The second-order valence-corrected chi connectivity index (χ2v) is 2.90. The van der Waals surface area contributed by atoms with Crippen molar-refractivity contribution in [2.24, 2.45) is 5.16 Å². The molecule has 0 rings (SSSR count). The van der Waals surface area contributed by atoms with Crippen molar-refractivity contribution < 1.29 is 4.84 Å². The van der Waals surface area contributed by atoms with Crippen LogP contribution < -0.4 is 0 Å². The van der Waals surface area contributed by atoms with Crippen molar-refractivity contribution in [2.75, 3.05) is 7.11 Å². The van der Waals surface area contributed by atoms with Crippen molar-refractivity contribution in [1.29, 1.82) is 0 Å². The van der Waals surface area contributed by atoms with Gasteiger partial charge in [0.05, 0.1) is 10.5 Å². The Morgan fingerprint density at radius 2 is 2.25 bits per heavy atom. The minimum absolute atomic E-state index is 0.308. The molecule has 0 N–H and O–H groups in total. The van der Waals surface area contributed by atoms with Crippen molar-refractivity contribution >= 4 is 21.6 Å². The Hall–Kier alpha value is -0.0500. The zero-order valence-electron chi connectivity index (χ0n) is 5.31. The van der Waals surface area contributed by atoms with Crippen LogP contribution >= 0.6 is 15.9 Å².